The quantitative estimate of drug-likeness (QED) is 0.203. The predicted octanol–water partition coefficient (Wildman–Crippen LogP) is 11.2. The van der Waals surface area contributed by atoms with Gasteiger partial charge in [0, 0.05) is 32.8 Å². The monoisotopic (exact) mass is 560 g/mol. The van der Waals surface area contributed by atoms with E-state index in [9.17, 15) is 0 Å². The molecule has 7 aromatic carbocycles. The maximum atomic E-state index is 2.45. The highest BCUT2D eigenvalue weighted by atomic mass is 15.0. The Morgan fingerprint density at radius 1 is 0.295 bits per heavy atom. The van der Waals surface area contributed by atoms with Crippen LogP contribution in [0.2, 0.25) is 0 Å². The summed E-state index contributed by atoms with van der Waals surface area (Å²) in [7, 11) is 0. The molecule has 0 N–H and O–H groups in total. The third kappa shape index (κ3) is 3.75. The zero-order valence-electron chi connectivity index (χ0n) is 24.1. The zero-order chi connectivity index (χ0) is 29.0. The fraction of sp³-hybridized carbons (Fsp3) is 0. The van der Waals surface area contributed by atoms with Crippen LogP contribution in [-0.4, -0.2) is 9.13 Å². The fourth-order valence-corrected chi connectivity index (χ4v) is 6.95. The van der Waals surface area contributed by atoms with Crippen molar-refractivity contribution in [3.63, 3.8) is 0 Å². The van der Waals surface area contributed by atoms with Gasteiger partial charge < -0.3 is 9.13 Å². The summed E-state index contributed by atoms with van der Waals surface area (Å²) in [4.78, 5) is 0. The molecule has 9 aromatic rings. The van der Waals surface area contributed by atoms with Crippen LogP contribution in [0.1, 0.15) is 0 Å². The lowest BCUT2D eigenvalue weighted by molar-refractivity contribution is 1.18. The van der Waals surface area contributed by atoms with E-state index in [0.29, 0.717) is 0 Å². The summed E-state index contributed by atoms with van der Waals surface area (Å²) in [5.74, 6) is 0. The first kappa shape index (κ1) is 24.7. The van der Waals surface area contributed by atoms with Crippen molar-refractivity contribution in [2.75, 3.05) is 0 Å². The molecule has 2 aromatic heterocycles. The molecule has 0 fully saturated rings. The van der Waals surface area contributed by atoms with Crippen molar-refractivity contribution in [2.45, 2.75) is 0 Å². The van der Waals surface area contributed by atoms with Gasteiger partial charge in [-0.25, -0.2) is 0 Å². The number of hydrogen-bond acceptors (Lipinski definition) is 0. The van der Waals surface area contributed by atoms with Crippen molar-refractivity contribution < 1.29 is 0 Å². The Hall–Kier alpha value is -5.86. The minimum absolute atomic E-state index is 1.16. The number of rotatable bonds is 4. The molecular weight excluding hydrogens is 532 g/mol. The lowest BCUT2D eigenvalue weighted by Crippen LogP contribution is -1.97. The molecule has 206 valence electrons. The first-order valence-electron chi connectivity index (χ1n) is 15.1. The van der Waals surface area contributed by atoms with Crippen molar-refractivity contribution in [2.24, 2.45) is 0 Å². The Morgan fingerprint density at radius 2 is 0.818 bits per heavy atom. The van der Waals surface area contributed by atoms with Crippen molar-refractivity contribution in [3.05, 3.63) is 170 Å². The van der Waals surface area contributed by atoms with Crippen LogP contribution in [0.4, 0.5) is 0 Å². The van der Waals surface area contributed by atoms with E-state index in [-0.39, 0.29) is 0 Å². The molecule has 9 rings (SSSR count). The molecule has 0 atom stereocenters. The van der Waals surface area contributed by atoms with E-state index < -0.39 is 0 Å². The third-order valence-electron chi connectivity index (χ3n) is 8.91. The molecule has 0 saturated carbocycles. The second kappa shape index (κ2) is 9.86. The summed E-state index contributed by atoms with van der Waals surface area (Å²) >= 11 is 0. The van der Waals surface area contributed by atoms with E-state index in [0.717, 1.165) is 5.69 Å². The van der Waals surface area contributed by atoms with Crippen molar-refractivity contribution in [1.29, 1.82) is 0 Å². The lowest BCUT2D eigenvalue weighted by Gasteiger charge is -2.14. The Kier molecular flexibility index (Phi) is 5.54. The molecule has 2 nitrogen and oxygen atoms in total. The van der Waals surface area contributed by atoms with Gasteiger partial charge in [-0.15, -0.1) is 0 Å². The molecule has 0 radical (unpaired) electrons. The molecule has 0 unspecified atom stereocenters. The topological polar surface area (TPSA) is 9.86 Å². The molecule has 0 bridgehead atoms. The second-order valence-electron chi connectivity index (χ2n) is 11.4. The molecule has 0 spiro atoms. The van der Waals surface area contributed by atoms with Crippen LogP contribution in [0.25, 0.3) is 77.2 Å². The van der Waals surface area contributed by atoms with Crippen LogP contribution in [0, 0.1) is 0 Å². The van der Waals surface area contributed by atoms with Crippen molar-refractivity contribution in [3.8, 4) is 33.6 Å². The number of aromatic nitrogens is 2. The number of benzene rings is 7. The molecular formula is C42H28N2. The Balaban J connectivity index is 1.37. The minimum Gasteiger partial charge on any atom is -0.309 e. The molecule has 0 amide bonds. The largest absolute Gasteiger partial charge is 0.309 e. The van der Waals surface area contributed by atoms with Gasteiger partial charge in [0.1, 0.15) is 0 Å². The van der Waals surface area contributed by atoms with Gasteiger partial charge in [0.25, 0.3) is 0 Å². The Morgan fingerprint density at radius 3 is 1.52 bits per heavy atom. The smallest absolute Gasteiger partial charge is 0.0549 e. The summed E-state index contributed by atoms with van der Waals surface area (Å²) in [5, 5.41) is 5.00. The van der Waals surface area contributed by atoms with Crippen molar-refractivity contribution >= 4 is 43.6 Å². The van der Waals surface area contributed by atoms with Gasteiger partial charge in [-0.3, -0.25) is 0 Å². The Bertz CT molecular complexity index is 2480. The summed E-state index contributed by atoms with van der Waals surface area (Å²) in [6.45, 7) is 0. The van der Waals surface area contributed by atoms with Crippen LogP contribution < -0.4 is 0 Å². The maximum absolute atomic E-state index is 2.45. The molecule has 0 aliphatic heterocycles. The van der Waals surface area contributed by atoms with E-state index in [4.69, 9.17) is 0 Å². The molecule has 0 saturated heterocycles. The highest BCUT2D eigenvalue weighted by Gasteiger charge is 2.19. The van der Waals surface area contributed by atoms with E-state index >= 15 is 0 Å². The SMILES string of the molecule is c1ccc(-c2cccc(-n3c4ccccc4c4cc5c(cc43)c3ccccc3n5-c3ccccc3-c3ccccc3)c2)cc1. The number of nitrogens with zero attached hydrogens (tertiary/aromatic N) is 2. The average Bonchev–Trinajstić information content (AvgIpc) is 3.60. The highest BCUT2D eigenvalue weighted by Crippen LogP contribution is 2.41. The predicted molar refractivity (Wildman–Crippen MR) is 186 cm³/mol. The van der Waals surface area contributed by atoms with Crippen LogP contribution in [-0.2, 0) is 0 Å². The van der Waals surface area contributed by atoms with Crippen LogP contribution >= 0.6 is 0 Å². The van der Waals surface area contributed by atoms with Crippen LogP contribution in [0.15, 0.2) is 170 Å². The molecule has 0 aliphatic carbocycles. The van der Waals surface area contributed by atoms with Gasteiger partial charge in [-0.1, -0.05) is 127 Å². The van der Waals surface area contributed by atoms with E-state index in [1.807, 2.05) is 0 Å². The van der Waals surface area contributed by atoms with Crippen LogP contribution in [0.3, 0.4) is 0 Å². The standard InChI is InChI=1S/C42H28N2/c1-3-14-29(15-4-1)31-18-13-19-32(26-31)43-39-24-11-8-21-34(39)36-28-42-37(27-41(36)43)35-22-9-12-25-40(35)44(42)38-23-10-7-20-33(38)30-16-5-2-6-17-30/h1-28H. The van der Waals surface area contributed by atoms with Gasteiger partial charge in [-0.2, -0.15) is 0 Å². The molecule has 2 heteroatoms. The van der Waals surface area contributed by atoms with Crippen LogP contribution in [0.5, 0.6) is 0 Å². The van der Waals surface area contributed by atoms with E-state index in [1.165, 1.54) is 71.6 Å². The normalized spacial score (nSPS) is 11.6. The number of para-hydroxylation sites is 3. The van der Waals surface area contributed by atoms with Gasteiger partial charge in [0.05, 0.1) is 27.8 Å². The number of hydrogen-bond donors (Lipinski definition) is 0. The summed E-state index contributed by atoms with van der Waals surface area (Å²) in [6.07, 6.45) is 0. The first-order chi connectivity index (χ1) is 21.8. The van der Waals surface area contributed by atoms with Gasteiger partial charge >= 0.3 is 0 Å². The first-order valence-corrected chi connectivity index (χ1v) is 15.1. The van der Waals surface area contributed by atoms with Crippen molar-refractivity contribution in [1.82, 2.24) is 9.13 Å². The fourth-order valence-electron chi connectivity index (χ4n) is 6.95. The van der Waals surface area contributed by atoms with Gasteiger partial charge in [0.2, 0.25) is 0 Å². The Labute approximate surface area is 255 Å². The zero-order valence-corrected chi connectivity index (χ0v) is 24.1. The molecule has 0 aliphatic rings. The lowest BCUT2D eigenvalue weighted by atomic mass is 10.0. The van der Waals surface area contributed by atoms with Gasteiger partial charge in [-0.05, 0) is 59.2 Å². The third-order valence-corrected chi connectivity index (χ3v) is 8.91. The summed E-state index contributed by atoms with van der Waals surface area (Å²) in [6, 6.07) is 61.4. The maximum Gasteiger partial charge on any atom is 0.0549 e. The minimum atomic E-state index is 1.16. The summed E-state index contributed by atoms with van der Waals surface area (Å²) in [5.41, 5.74) is 12.1. The van der Waals surface area contributed by atoms with E-state index in [2.05, 4.69) is 179 Å². The van der Waals surface area contributed by atoms with Gasteiger partial charge in [0.15, 0.2) is 0 Å². The summed E-state index contributed by atoms with van der Waals surface area (Å²) < 4.78 is 4.88. The van der Waals surface area contributed by atoms with E-state index in [1.54, 1.807) is 0 Å². The average molecular weight is 561 g/mol. The molecule has 44 heavy (non-hydrogen) atoms. The molecule has 2 heterocycles. The second-order valence-corrected chi connectivity index (χ2v) is 11.4. The highest BCUT2D eigenvalue weighted by molar-refractivity contribution is 6.19. The number of fused-ring (bicyclic) bond motifs is 6.